The van der Waals surface area contributed by atoms with Crippen LogP contribution in [0.5, 0.6) is 0 Å². The SMILES string of the molecule is CC(C)CCN(CCC(C)C)C(=O)CS. The molecule has 0 aromatic carbocycles. The maximum atomic E-state index is 11.6. The predicted molar refractivity (Wildman–Crippen MR) is 69.3 cm³/mol. The molecule has 15 heavy (non-hydrogen) atoms. The molecule has 1 amide bonds. The smallest absolute Gasteiger partial charge is 0.232 e. The number of hydrogen-bond acceptors (Lipinski definition) is 2. The summed E-state index contributed by atoms with van der Waals surface area (Å²) in [4.78, 5) is 13.5. The van der Waals surface area contributed by atoms with Gasteiger partial charge in [0.25, 0.3) is 0 Å². The van der Waals surface area contributed by atoms with Crippen LogP contribution in [0.1, 0.15) is 40.5 Å². The molecular formula is C12H25NOS. The molecule has 0 fully saturated rings. The first-order chi connectivity index (χ1) is 6.97. The van der Waals surface area contributed by atoms with Gasteiger partial charge in [0, 0.05) is 13.1 Å². The second kappa shape index (κ2) is 8.03. The molecule has 0 aromatic heterocycles. The summed E-state index contributed by atoms with van der Waals surface area (Å²) < 4.78 is 0. The molecule has 0 aliphatic carbocycles. The average molecular weight is 231 g/mol. The van der Waals surface area contributed by atoms with E-state index < -0.39 is 0 Å². The van der Waals surface area contributed by atoms with Crippen LogP contribution in [0.25, 0.3) is 0 Å². The first-order valence-corrected chi connectivity index (χ1v) is 6.49. The van der Waals surface area contributed by atoms with Crippen molar-refractivity contribution >= 4 is 18.5 Å². The van der Waals surface area contributed by atoms with Gasteiger partial charge in [-0.15, -0.1) is 0 Å². The highest BCUT2D eigenvalue weighted by atomic mass is 32.1. The Morgan fingerprint density at radius 2 is 1.47 bits per heavy atom. The summed E-state index contributed by atoms with van der Waals surface area (Å²) >= 11 is 4.05. The lowest BCUT2D eigenvalue weighted by Gasteiger charge is -2.23. The van der Waals surface area contributed by atoms with E-state index in [0.717, 1.165) is 25.9 Å². The van der Waals surface area contributed by atoms with Crippen LogP contribution in [-0.4, -0.2) is 29.6 Å². The molecule has 0 bridgehead atoms. The van der Waals surface area contributed by atoms with Crippen LogP contribution in [0, 0.1) is 11.8 Å². The van der Waals surface area contributed by atoms with Gasteiger partial charge in [-0.3, -0.25) is 4.79 Å². The standard InChI is InChI=1S/C12H25NOS/c1-10(2)5-7-13(12(14)9-15)8-6-11(3)4/h10-11,15H,5-9H2,1-4H3. The first-order valence-electron chi connectivity index (χ1n) is 5.86. The van der Waals surface area contributed by atoms with Crippen LogP contribution in [0.4, 0.5) is 0 Å². The van der Waals surface area contributed by atoms with E-state index in [4.69, 9.17) is 0 Å². The van der Waals surface area contributed by atoms with Crippen molar-refractivity contribution in [2.75, 3.05) is 18.8 Å². The molecule has 0 aliphatic heterocycles. The third-order valence-electron chi connectivity index (χ3n) is 2.44. The Balaban J connectivity index is 4.01. The Morgan fingerprint density at radius 1 is 1.07 bits per heavy atom. The molecule has 0 N–H and O–H groups in total. The van der Waals surface area contributed by atoms with Gasteiger partial charge >= 0.3 is 0 Å². The third-order valence-corrected chi connectivity index (χ3v) is 2.71. The summed E-state index contributed by atoms with van der Waals surface area (Å²) in [5, 5.41) is 0. The number of nitrogens with zero attached hydrogens (tertiary/aromatic N) is 1. The third kappa shape index (κ3) is 7.71. The maximum Gasteiger partial charge on any atom is 0.232 e. The van der Waals surface area contributed by atoms with Crippen LogP contribution in [0.15, 0.2) is 0 Å². The second-order valence-corrected chi connectivity index (χ2v) is 5.22. The minimum atomic E-state index is 0.166. The molecule has 0 unspecified atom stereocenters. The molecule has 0 atom stereocenters. The Kier molecular flexibility index (Phi) is 7.93. The second-order valence-electron chi connectivity index (χ2n) is 4.90. The van der Waals surface area contributed by atoms with Crippen LogP contribution in [0.3, 0.4) is 0 Å². The number of hydrogen-bond donors (Lipinski definition) is 1. The monoisotopic (exact) mass is 231 g/mol. The summed E-state index contributed by atoms with van der Waals surface area (Å²) in [6, 6.07) is 0. The van der Waals surface area contributed by atoms with E-state index in [-0.39, 0.29) is 5.91 Å². The van der Waals surface area contributed by atoms with Crippen LogP contribution >= 0.6 is 12.6 Å². The van der Waals surface area contributed by atoms with Crippen molar-refractivity contribution in [1.29, 1.82) is 0 Å². The average Bonchev–Trinajstić information content (AvgIpc) is 2.16. The lowest BCUT2D eigenvalue weighted by molar-refractivity contribution is -0.128. The molecule has 0 heterocycles. The van der Waals surface area contributed by atoms with Gasteiger partial charge in [0.15, 0.2) is 0 Å². The van der Waals surface area contributed by atoms with E-state index in [1.807, 2.05) is 4.90 Å². The Bertz CT molecular complexity index is 168. The van der Waals surface area contributed by atoms with Crippen molar-refractivity contribution in [3.63, 3.8) is 0 Å². The Morgan fingerprint density at radius 3 is 1.73 bits per heavy atom. The van der Waals surface area contributed by atoms with Crippen molar-refractivity contribution in [3.05, 3.63) is 0 Å². The van der Waals surface area contributed by atoms with Crippen molar-refractivity contribution < 1.29 is 4.79 Å². The zero-order valence-corrected chi connectivity index (χ0v) is 11.4. The van der Waals surface area contributed by atoms with Crippen molar-refractivity contribution in [1.82, 2.24) is 4.90 Å². The largest absolute Gasteiger partial charge is 0.342 e. The van der Waals surface area contributed by atoms with E-state index in [1.54, 1.807) is 0 Å². The normalized spacial score (nSPS) is 11.1. The molecule has 0 aromatic rings. The molecular weight excluding hydrogens is 206 g/mol. The fourth-order valence-corrected chi connectivity index (χ4v) is 1.49. The molecule has 0 radical (unpaired) electrons. The van der Waals surface area contributed by atoms with Gasteiger partial charge in [-0.25, -0.2) is 0 Å². The van der Waals surface area contributed by atoms with E-state index >= 15 is 0 Å². The van der Waals surface area contributed by atoms with Crippen LogP contribution in [0.2, 0.25) is 0 Å². The zero-order chi connectivity index (χ0) is 11.8. The fourth-order valence-electron chi connectivity index (χ4n) is 1.29. The first kappa shape index (κ1) is 14.8. The molecule has 0 saturated carbocycles. The van der Waals surface area contributed by atoms with Gasteiger partial charge < -0.3 is 4.90 Å². The van der Waals surface area contributed by atoms with Crippen molar-refractivity contribution in [3.8, 4) is 0 Å². The molecule has 0 rings (SSSR count). The van der Waals surface area contributed by atoms with E-state index in [0.29, 0.717) is 17.6 Å². The summed E-state index contributed by atoms with van der Waals surface area (Å²) in [5.74, 6) is 1.80. The molecule has 3 heteroatoms. The Hall–Kier alpha value is -0.180. The molecule has 2 nitrogen and oxygen atoms in total. The summed E-state index contributed by atoms with van der Waals surface area (Å²) in [5.41, 5.74) is 0. The number of carbonyl (C=O) groups excluding carboxylic acids is 1. The van der Waals surface area contributed by atoms with E-state index in [2.05, 4.69) is 40.3 Å². The van der Waals surface area contributed by atoms with Gasteiger partial charge in [0.1, 0.15) is 0 Å². The lowest BCUT2D eigenvalue weighted by Crippen LogP contribution is -2.34. The van der Waals surface area contributed by atoms with Crippen molar-refractivity contribution in [2.45, 2.75) is 40.5 Å². The van der Waals surface area contributed by atoms with Gasteiger partial charge in [0.05, 0.1) is 5.75 Å². The minimum absolute atomic E-state index is 0.166. The molecule has 0 saturated heterocycles. The topological polar surface area (TPSA) is 20.3 Å². The van der Waals surface area contributed by atoms with E-state index in [1.165, 1.54) is 0 Å². The highest BCUT2D eigenvalue weighted by molar-refractivity contribution is 7.81. The van der Waals surface area contributed by atoms with Gasteiger partial charge in [-0.2, -0.15) is 12.6 Å². The predicted octanol–water partition coefficient (Wildman–Crippen LogP) is 2.84. The molecule has 0 spiro atoms. The molecule has 90 valence electrons. The Labute approximate surface area is 99.8 Å². The van der Waals surface area contributed by atoms with Gasteiger partial charge in [-0.05, 0) is 24.7 Å². The highest BCUT2D eigenvalue weighted by Crippen LogP contribution is 2.07. The number of carbonyl (C=O) groups is 1. The minimum Gasteiger partial charge on any atom is -0.342 e. The summed E-state index contributed by atoms with van der Waals surface area (Å²) in [6.07, 6.45) is 2.16. The number of rotatable bonds is 7. The van der Waals surface area contributed by atoms with Crippen molar-refractivity contribution in [2.24, 2.45) is 11.8 Å². The highest BCUT2D eigenvalue weighted by Gasteiger charge is 2.12. The van der Waals surface area contributed by atoms with Crippen LogP contribution < -0.4 is 0 Å². The lowest BCUT2D eigenvalue weighted by atomic mass is 10.1. The molecule has 0 aliphatic rings. The van der Waals surface area contributed by atoms with Crippen LogP contribution in [-0.2, 0) is 4.79 Å². The number of amides is 1. The fraction of sp³-hybridized carbons (Fsp3) is 0.917. The van der Waals surface area contributed by atoms with Gasteiger partial charge in [0.2, 0.25) is 5.91 Å². The zero-order valence-electron chi connectivity index (χ0n) is 10.5. The summed E-state index contributed by atoms with van der Waals surface area (Å²) in [6.45, 7) is 10.5. The number of thiol groups is 1. The van der Waals surface area contributed by atoms with E-state index in [9.17, 15) is 4.79 Å². The summed E-state index contributed by atoms with van der Waals surface area (Å²) in [7, 11) is 0. The maximum absolute atomic E-state index is 11.6. The van der Waals surface area contributed by atoms with Gasteiger partial charge in [-0.1, -0.05) is 27.7 Å². The quantitative estimate of drug-likeness (QED) is 0.668.